The highest BCUT2D eigenvalue weighted by molar-refractivity contribution is 8.00. The van der Waals surface area contributed by atoms with Crippen LogP contribution in [0.4, 0.5) is 0 Å². The van der Waals surface area contributed by atoms with Crippen molar-refractivity contribution in [2.24, 2.45) is 17.6 Å². The minimum atomic E-state index is 0.471. The first-order valence-corrected chi connectivity index (χ1v) is 8.00. The molecule has 2 fully saturated rings. The van der Waals surface area contributed by atoms with Crippen LogP contribution in [0, 0.1) is 11.8 Å². The lowest BCUT2D eigenvalue weighted by Crippen LogP contribution is -2.39. The van der Waals surface area contributed by atoms with E-state index in [0.29, 0.717) is 6.04 Å². The molecule has 2 heteroatoms. The zero-order chi connectivity index (χ0) is 11.5. The molecule has 2 rings (SSSR count). The average molecular weight is 241 g/mol. The molecule has 0 aliphatic heterocycles. The highest BCUT2D eigenvalue weighted by Crippen LogP contribution is 2.39. The first kappa shape index (κ1) is 12.8. The van der Waals surface area contributed by atoms with Crippen LogP contribution in [0.2, 0.25) is 0 Å². The third-order valence-electron chi connectivity index (χ3n) is 4.36. The molecular formula is C14H27NS. The summed E-state index contributed by atoms with van der Waals surface area (Å²) in [6.07, 6.45) is 9.71. The van der Waals surface area contributed by atoms with E-state index in [-0.39, 0.29) is 0 Å². The Bertz CT molecular complexity index is 219. The summed E-state index contributed by atoms with van der Waals surface area (Å²) < 4.78 is 0. The fraction of sp³-hybridized carbons (Fsp3) is 1.00. The van der Waals surface area contributed by atoms with Gasteiger partial charge < -0.3 is 5.73 Å². The Labute approximate surface area is 105 Å². The van der Waals surface area contributed by atoms with Crippen LogP contribution in [-0.4, -0.2) is 16.5 Å². The zero-order valence-corrected chi connectivity index (χ0v) is 11.6. The Kier molecular flexibility index (Phi) is 4.60. The van der Waals surface area contributed by atoms with Crippen LogP contribution in [0.5, 0.6) is 0 Å². The van der Waals surface area contributed by atoms with Gasteiger partial charge in [-0.1, -0.05) is 26.7 Å². The van der Waals surface area contributed by atoms with Gasteiger partial charge in [0.25, 0.3) is 0 Å². The fourth-order valence-electron chi connectivity index (χ4n) is 3.26. The minimum Gasteiger partial charge on any atom is -0.327 e. The first-order valence-electron chi connectivity index (χ1n) is 7.06. The van der Waals surface area contributed by atoms with Crippen LogP contribution >= 0.6 is 11.8 Å². The number of thioether (sulfide) groups is 1. The Balaban J connectivity index is 1.82. The van der Waals surface area contributed by atoms with Crippen LogP contribution < -0.4 is 5.73 Å². The second-order valence-corrected chi connectivity index (χ2v) is 7.69. The molecule has 2 saturated carbocycles. The van der Waals surface area contributed by atoms with E-state index in [1.807, 2.05) is 0 Å². The maximum Gasteiger partial charge on any atom is 0.0204 e. The van der Waals surface area contributed by atoms with Gasteiger partial charge in [0.05, 0.1) is 0 Å². The van der Waals surface area contributed by atoms with Crippen molar-refractivity contribution in [3.8, 4) is 0 Å². The number of rotatable bonds is 2. The molecule has 0 spiro atoms. The van der Waals surface area contributed by atoms with E-state index in [9.17, 15) is 0 Å². The van der Waals surface area contributed by atoms with Crippen molar-refractivity contribution in [2.75, 3.05) is 0 Å². The average Bonchev–Trinajstić information content (AvgIpc) is 2.24. The summed E-state index contributed by atoms with van der Waals surface area (Å²) in [5.74, 6) is 1.85. The standard InChI is InChI=1S/C14H27NS/c1-10-4-3-5-12(8-10)16-14-9-11(2)6-7-13(14)15/h10-14H,3-9,15H2,1-2H3. The molecule has 0 saturated heterocycles. The van der Waals surface area contributed by atoms with Crippen LogP contribution in [0.15, 0.2) is 0 Å². The van der Waals surface area contributed by atoms with Gasteiger partial charge in [-0.25, -0.2) is 0 Å². The van der Waals surface area contributed by atoms with Gasteiger partial charge in [-0.15, -0.1) is 0 Å². The molecule has 0 radical (unpaired) electrons. The minimum absolute atomic E-state index is 0.471. The van der Waals surface area contributed by atoms with Crippen LogP contribution in [0.25, 0.3) is 0 Å². The van der Waals surface area contributed by atoms with Gasteiger partial charge in [0, 0.05) is 16.5 Å². The second-order valence-electron chi connectivity index (χ2n) is 6.15. The molecule has 0 aromatic carbocycles. The van der Waals surface area contributed by atoms with Crippen molar-refractivity contribution in [3.05, 3.63) is 0 Å². The second kappa shape index (κ2) is 5.77. The van der Waals surface area contributed by atoms with E-state index in [1.165, 1.54) is 44.9 Å². The van der Waals surface area contributed by atoms with Crippen molar-refractivity contribution in [3.63, 3.8) is 0 Å². The third-order valence-corrected chi connectivity index (χ3v) is 6.07. The molecule has 5 atom stereocenters. The number of hydrogen-bond acceptors (Lipinski definition) is 2. The van der Waals surface area contributed by atoms with E-state index in [0.717, 1.165) is 22.3 Å². The summed E-state index contributed by atoms with van der Waals surface area (Å²) in [5.41, 5.74) is 6.27. The smallest absolute Gasteiger partial charge is 0.0204 e. The summed E-state index contributed by atoms with van der Waals surface area (Å²) in [6, 6.07) is 0.471. The van der Waals surface area contributed by atoms with E-state index in [4.69, 9.17) is 5.73 Å². The van der Waals surface area contributed by atoms with Gasteiger partial charge in [0.2, 0.25) is 0 Å². The molecule has 0 aromatic heterocycles. The Morgan fingerprint density at radius 2 is 1.69 bits per heavy atom. The van der Waals surface area contributed by atoms with Crippen molar-refractivity contribution in [2.45, 2.75) is 75.3 Å². The van der Waals surface area contributed by atoms with Crippen molar-refractivity contribution in [1.82, 2.24) is 0 Å². The van der Waals surface area contributed by atoms with Gasteiger partial charge >= 0.3 is 0 Å². The molecule has 5 unspecified atom stereocenters. The van der Waals surface area contributed by atoms with Gasteiger partial charge in [-0.2, -0.15) is 11.8 Å². The summed E-state index contributed by atoms with van der Waals surface area (Å²) in [6.45, 7) is 4.80. The fourth-order valence-corrected chi connectivity index (χ4v) is 5.27. The molecular weight excluding hydrogens is 214 g/mol. The van der Waals surface area contributed by atoms with Gasteiger partial charge in [-0.05, 0) is 43.9 Å². The molecule has 1 nitrogen and oxygen atoms in total. The molecule has 0 amide bonds. The molecule has 94 valence electrons. The van der Waals surface area contributed by atoms with E-state index in [1.54, 1.807) is 0 Å². The monoisotopic (exact) mass is 241 g/mol. The predicted molar refractivity (Wildman–Crippen MR) is 73.8 cm³/mol. The zero-order valence-electron chi connectivity index (χ0n) is 10.8. The van der Waals surface area contributed by atoms with Gasteiger partial charge in [0.1, 0.15) is 0 Å². The SMILES string of the molecule is CC1CCCC(SC2CC(C)CCC2N)C1. The highest BCUT2D eigenvalue weighted by atomic mass is 32.2. The molecule has 2 N–H and O–H groups in total. The third kappa shape index (κ3) is 3.40. The molecule has 16 heavy (non-hydrogen) atoms. The topological polar surface area (TPSA) is 26.0 Å². The maximum absolute atomic E-state index is 6.27. The van der Waals surface area contributed by atoms with E-state index >= 15 is 0 Å². The lowest BCUT2D eigenvalue weighted by Gasteiger charge is -2.36. The number of hydrogen-bond donors (Lipinski definition) is 1. The molecule has 0 bridgehead atoms. The predicted octanol–water partition coefficient (Wildman–Crippen LogP) is 3.81. The van der Waals surface area contributed by atoms with E-state index < -0.39 is 0 Å². The lowest BCUT2D eigenvalue weighted by molar-refractivity contribution is 0.352. The van der Waals surface area contributed by atoms with Crippen LogP contribution in [0.3, 0.4) is 0 Å². The van der Waals surface area contributed by atoms with Crippen molar-refractivity contribution < 1.29 is 0 Å². The Hall–Kier alpha value is 0.310. The largest absolute Gasteiger partial charge is 0.327 e. The van der Waals surface area contributed by atoms with Crippen LogP contribution in [0.1, 0.15) is 58.8 Å². The lowest BCUT2D eigenvalue weighted by atomic mass is 9.87. The highest BCUT2D eigenvalue weighted by Gasteiger charge is 2.30. The molecule has 0 aromatic rings. The number of nitrogens with two attached hydrogens (primary N) is 1. The maximum atomic E-state index is 6.27. The Morgan fingerprint density at radius 1 is 0.938 bits per heavy atom. The first-order chi connectivity index (χ1) is 7.65. The van der Waals surface area contributed by atoms with E-state index in [2.05, 4.69) is 25.6 Å². The van der Waals surface area contributed by atoms with Gasteiger partial charge in [0.15, 0.2) is 0 Å². The van der Waals surface area contributed by atoms with Crippen LogP contribution in [-0.2, 0) is 0 Å². The molecule has 0 heterocycles. The molecule has 2 aliphatic carbocycles. The summed E-state index contributed by atoms with van der Waals surface area (Å²) in [7, 11) is 0. The summed E-state index contributed by atoms with van der Waals surface area (Å²) in [4.78, 5) is 0. The summed E-state index contributed by atoms with van der Waals surface area (Å²) in [5, 5.41) is 1.66. The van der Waals surface area contributed by atoms with Crippen molar-refractivity contribution in [1.29, 1.82) is 0 Å². The summed E-state index contributed by atoms with van der Waals surface area (Å²) >= 11 is 2.23. The van der Waals surface area contributed by atoms with Gasteiger partial charge in [-0.3, -0.25) is 0 Å². The normalized spacial score (nSPS) is 45.6. The molecule has 2 aliphatic rings. The Morgan fingerprint density at radius 3 is 2.44 bits per heavy atom. The van der Waals surface area contributed by atoms with Crippen molar-refractivity contribution >= 4 is 11.8 Å². The quantitative estimate of drug-likeness (QED) is 0.795.